The fraction of sp³-hybridized carbons (Fsp3) is 0.562. The van der Waals surface area contributed by atoms with E-state index in [2.05, 4.69) is 37.8 Å². The van der Waals surface area contributed by atoms with Crippen molar-refractivity contribution in [2.75, 3.05) is 13.1 Å². The SMILES string of the molecule is Cc1cc(C#N)ccc1CN1CCC(C)(C)CC1. The van der Waals surface area contributed by atoms with E-state index >= 15 is 0 Å². The Morgan fingerprint density at radius 3 is 2.50 bits per heavy atom. The van der Waals surface area contributed by atoms with E-state index in [0.717, 1.165) is 12.1 Å². The summed E-state index contributed by atoms with van der Waals surface area (Å²) >= 11 is 0. The number of nitriles is 1. The van der Waals surface area contributed by atoms with Crippen LogP contribution in [0.25, 0.3) is 0 Å². The van der Waals surface area contributed by atoms with Gasteiger partial charge < -0.3 is 0 Å². The molecule has 0 N–H and O–H groups in total. The zero-order valence-electron chi connectivity index (χ0n) is 11.7. The lowest BCUT2D eigenvalue weighted by Gasteiger charge is -2.37. The minimum absolute atomic E-state index is 0.510. The van der Waals surface area contributed by atoms with Gasteiger partial charge in [0.1, 0.15) is 0 Å². The van der Waals surface area contributed by atoms with E-state index in [1.165, 1.54) is 37.1 Å². The van der Waals surface area contributed by atoms with Gasteiger partial charge in [-0.15, -0.1) is 0 Å². The Morgan fingerprint density at radius 2 is 1.94 bits per heavy atom. The fourth-order valence-corrected chi connectivity index (χ4v) is 2.50. The fourth-order valence-electron chi connectivity index (χ4n) is 2.50. The van der Waals surface area contributed by atoms with E-state index in [4.69, 9.17) is 5.26 Å². The van der Waals surface area contributed by atoms with Crippen molar-refractivity contribution in [1.82, 2.24) is 4.90 Å². The van der Waals surface area contributed by atoms with Crippen molar-refractivity contribution in [1.29, 1.82) is 5.26 Å². The van der Waals surface area contributed by atoms with Crippen molar-refractivity contribution in [2.45, 2.75) is 40.2 Å². The molecule has 1 aliphatic rings. The predicted molar refractivity (Wildman–Crippen MR) is 74.2 cm³/mol. The monoisotopic (exact) mass is 242 g/mol. The van der Waals surface area contributed by atoms with E-state index in [-0.39, 0.29) is 0 Å². The molecule has 0 atom stereocenters. The number of benzene rings is 1. The first-order chi connectivity index (χ1) is 8.50. The van der Waals surface area contributed by atoms with Gasteiger partial charge in [-0.3, -0.25) is 4.90 Å². The molecule has 1 aliphatic heterocycles. The van der Waals surface area contributed by atoms with E-state index in [1.54, 1.807) is 0 Å². The molecule has 0 radical (unpaired) electrons. The van der Waals surface area contributed by atoms with E-state index < -0.39 is 0 Å². The molecule has 96 valence electrons. The summed E-state index contributed by atoms with van der Waals surface area (Å²) in [6.45, 7) is 10.2. The molecule has 18 heavy (non-hydrogen) atoms. The van der Waals surface area contributed by atoms with Gasteiger partial charge in [-0.2, -0.15) is 5.26 Å². The summed E-state index contributed by atoms with van der Waals surface area (Å²) in [7, 11) is 0. The maximum atomic E-state index is 8.87. The largest absolute Gasteiger partial charge is 0.299 e. The zero-order chi connectivity index (χ0) is 13.2. The first-order valence-electron chi connectivity index (χ1n) is 6.72. The maximum Gasteiger partial charge on any atom is 0.0991 e. The molecule has 0 spiro atoms. The number of hydrogen-bond acceptors (Lipinski definition) is 2. The second-order valence-electron chi connectivity index (χ2n) is 6.19. The Labute approximate surface area is 110 Å². The molecule has 1 saturated heterocycles. The van der Waals surface area contributed by atoms with Gasteiger partial charge >= 0.3 is 0 Å². The van der Waals surface area contributed by atoms with Crippen LogP contribution in [0.3, 0.4) is 0 Å². The third kappa shape index (κ3) is 3.11. The molecule has 1 fully saturated rings. The smallest absolute Gasteiger partial charge is 0.0991 e. The van der Waals surface area contributed by atoms with Gasteiger partial charge in [-0.25, -0.2) is 0 Å². The lowest BCUT2D eigenvalue weighted by Crippen LogP contribution is -2.36. The van der Waals surface area contributed by atoms with Crippen LogP contribution in [0, 0.1) is 23.7 Å². The normalized spacial score (nSPS) is 19.4. The van der Waals surface area contributed by atoms with E-state index in [9.17, 15) is 0 Å². The van der Waals surface area contributed by atoms with Gasteiger partial charge in [-0.05, 0) is 61.5 Å². The Bertz CT molecular complexity index is 458. The summed E-state index contributed by atoms with van der Waals surface area (Å²) < 4.78 is 0. The van der Waals surface area contributed by atoms with Crippen molar-refractivity contribution in [3.8, 4) is 6.07 Å². The van der Waals surface area contributed by atoms with Crippen molar-refractivity contribution < 1.29 is 0 Å². The second-order valence-corrected chi connectivity index (χ2v) is 6.19. The van der Waals surface area contributed by atoms with Crippen LogP contribution < -0.4 is 0 Å². The highest BCUT2D eigenvalue weighted by atomic mass is 15.1. The number of likely N-dealkylation sites (tertiary alicyclic amines) is 1. The van der Waals surface area contributed by atoms with Gasteiger partial charge in [0.05, 0.1) is 11.6 Å². The van der Waals surface area contributed by atoms with Crippen LogP contribution in [-0.2, 0) is 6.54 Å². The van der Waals surface area contributed by atoms with Crippen LogP contribution in [0.1, 0.15) is 43.4 Å². The van der Waals surface area contributed by atoms with Crippen molar-refractivity contribution >= 4 is 0 Å². The summed E-state index contributed by atoms with van der Waals surface area (Å²) in [5.74, 6) is 0. The van der Waals surface area contributed by atoms with E-state index in [0.29, 0.717) is 5.41 Å². The molecule has 0 saturated carbocycles. The quantitative estimate of drug-likeness (QED) is 0.793. The molecule has 1 heterocycles. The van der Waals surface area contributed by atoms with Gasteiger partial charge in [0.25, 0.3) is 0 Å². The van der Waals surface area contributed by atoms with E-state index in [1.807, 2.05) is 12.1 Å². The van der Waals surface area contributed by atoms with Gasteiger partial charge in [-0.1, -0.05) is 19.9 Å². The number of nitrogens with zero attached hydrogens (tertiary/aromatic N) is 2. The average Bonchev–Trinajstić information content (AvgIpc) is 2.34. The Hall–Kier alpha value is -1.33. The molecule has 2 heteroatoms. The number of hydrogen-bond donors (Lipinski definition) is 0. The minimum atomic E-state index is 0.510. The lowest BCUT2D eigenvalue weighted by molar-refractivity contribution is 0.127. The molecule has 2 nitrogen and oxygen atoms in total. The molecule has 0 unspecified atom stereocenters. The minimum Gasteiger partial charge on any atom is -0.299 e. The van der Waals surface area contributed by atoms with Crippen LogP contribution >= 0.6 is 0 Å². The summed E-state index contributed by atoms with van der Waals surface area (Å²) in [5, 5.41) is 8.87. The van der Waals surface area contributed by atoms with Crippen LogP contribution in [0.15, 0.2) is 18.2 Å². The standard InChI is InChI=1S/C16H22N2/c1-13-10-14(11-17)4-5-15(13)12-18-8-6-16(2,3)7-9-18/h4-5,10H,6-9,12H2,1-3H3. The summed E-state index contributed by atoms with van der Waals surface area (Å²) in [5.41, 5.74) is 3.86. The average molecular weight is 242 g/mol. The van der Waals surface area contributed by atoms with Crippen LogP contribution in [-0.4, -0.2) is 18.0 Å². The van der Waals surface area contributed by atoms with Crippen molar-refractivity contribution in [3.05, 3.63) is 34.9 Å². The van der Waals surface area contributed by atoms with Gasteiger partial charge in [0.2, 0.25) is 0 Å². The molecule has 0 aromatic heterocycles. The van der Waals surface area contributed by atoms with Gasteiger partial charge in [0, 0.05) is 6.54 Å². The highest BCUT2D eigenvalue weighted by molar-refractivity contribution is 5.37. The molecular weight excluding hydrogens is 220 g/mol. The molecule has 0 aliphatic carbocycles. The third-order valence-electron chi connectivity index (χ3n) is 4.08. The Balaban J connectivity index is 2.01. The topological polar surface area (TPSA) is 27.0 Å². The number of rotatable bonds is 2. The Morgan fingerprint density at radius 1 is 1.28 bits per heavy atom. The molecule has 0 amide bonds. The van der Waals surface area contributed by atoms with Crippen molar-refractivity contribution in [2.24, 2.45) is 5.41 Å². The number of piperidine rings is 1. The summed E-state index contributed by atoms with van der Waals surface area (Å²) in [6.07, 6.45) is 2.56. The molecule has 0 bridgehead atoms. The molecular formula is C16H22N2. The Kier molecular flexibility index (Phi) is 3.73. The number of aryl methyl sites for hydroxylation is 1. The van der Waals surface area contributed by atoms with Crippen molar-refractivity contribution in [3.63, 3.8) is 0 Å². The predicted octanol–water partition coefficient (Wildman–Crippen LogP) is 3.49. The molecule has 2 rings (SSSR count). The van der Waals surface area contributed by atoms with Gasteiger partial charge in [0.15, 0.2) is 0 Å². The summed E-state index contributed by atoms with van der Waals surface area (Å²) in [4.78, 5) is 2.53. The van der Waals surface area contributed by atoms with Crippen LogP contribution in [0.2, 0.25) is 0 Å². The first-order valence-corrected chi connectivity index (χ1v) is 6.72. The van der Waals surface area contributed by atoms with Crippen LogP contribution in [0.5, 0.6) is 0 Å². The third-order valence-corrected chi connectivity index (χ3v) is 4.08. The zero-order valence-corrected chi connectivity index (χ0v) is 11.7. The highest BCUT2D eigenvalue weighted by Gasteiger charge is 2.25. The molecule has 1 aromatic rings. The lowest BCUT2D eigenvalue weighted by atomic mass is 9.82. The first kappa shape index (κ1) is 13.1. The molecule has 1 aromatic carbocycles. The highest BCUT2D eigenvalue weighted by Crippen LogP contribution is 2.30. The van der Waals surface area contributed by atoms with Crippen LogP contribution in [0.4, 0.5) is 0 Å². The summed E-state index contributed by atoms with van der Waals surface area (Å²) in [6, 6.07) is 8.22. The second kappa shape index (κ2) is 5.12. The maximum absolute atomic E-state index is 8.87.